The van der Waals surface area contributed by atoms with Crippen molar-refractivity contribution in [2.75, 3.05) is 40.4 Å². The summed E-state index contributed by atoms with van der Waals surface area (Å²) in [5, 5.41) is 0. The maximum atomic E-state index is 12.9. The number of piperazine rings is 1. The predicted octanol–water partition coefficient (Wildman–Crippen LogP) is 1.70. The number of rotatable bonds is 4. The molecule has 2 amide bonds. The Morgan fingerprint density at radius 2 is 1.50 bits per heavy atom. The number of aromatic nitrogens is 1. The summed E-state index contributed by atoms with van der Waals surface area (Å²) in [5.41, 5.74) is 1.06. The van der Waals surface area contributed by atoms with Crippen molar-refractivity contribution in [1.29, 1.82) is 0 Å². The van der Waals surface area contributed by atoms with E-state index in [1.807, 2.05) is 0 Å². The van der Waals surface area contributed by atoms with Crippen LogP contribution in [-0.4, -0.2) is 67.0 Å². The molecule has 1 aliphatic heterocycles. The lowest BCUT2D eigenvalue weighted by Crippen LogP contribution is -2.50. The Morgan fingerprint density at radius 3 is 2.08 bits per heavy atom. The van der Waals surface area contributed by atoms with Gasteiger partial charge in [-0.05, 0) is 30.3 Å². The molecule has 26 heavy (non-hydrogen) atoms. The summed E-state index contributed by atoms with van der Waals surface area (Å²) < 4.78 is 10.5. The van der Waals surface area contributed by atoms with E-state index >= 15 is 0 Å². The summed E-state index contributed by atoms with van der Waals surface area (Å²) in [6.07, 6.45) is 3.20. The SMILES string of the molecule is COc1ccc(OC)c(C(=O)N2CCN(C(=O)c3ccncc3)CC2)c1. The van der Waals surface area contributed by atoms with Gasteiger partial charge in [0.2, 0.25) is 0 Å². The van der Waals surface area contributed by atoms with E-state index in [1.165, 1.54) is 7.11 Å². The second-order valence-electron chi connectivity index (χ2n) is 5.89. The number of nitrogens with zero attached hydrogens (tertiary/aromatic N) is 3. The zero-order valence-electron chi connectivity index (χ0n) is 14.8. The van der Waals surface area contributed by atoms with Gasteiger partial charge in [0.1, 0.15) is 11.5 Å². The van der Waals surface area contributed by atoms with E-state index in [4.69, 9.17) is 9.47 Å². The Morgan fingerprint density at radius 1 is 0.885 bits per heavy atom. The predicted molar refractivity (Wildman–Crippen MR) is 95.6 cm³/mol. The number of benzene rings is 1. The van der Waals surface area contributed by atoms with Crippen molar-refractivity contribution in [1.82, 2.24) is 14.8 Å². The first-order valence-electron chi connectivity index (χ1n) is 8.34. The highest BCUT2D eigenvalue weighted by molar-refractivity contribution is 5.98. The fourth-order valence-electron chi connectivity index (χ4n) is 2.94. The Hall–Kier alpha value is -3.09. The molecule has 2 heterocycles. The molecule has 0 spiro atoms. The summed E-state index contributed by atoms with van der Waals surface area (Å²) in [7, 11) is 3.09. The summed E-state index contributed by atoms with van der Waals surface area (Å²) >= 11 is 0. The van der Waals surface area contributed by atoms with Crippen molar-refractivity contribution in [2.45, 2.75) is 0 Å². The van der Waals surface area contributed by atoms with Crippen LogP contribution in [0.1, 0.15) is 20.7 Å². The zero-order chi connectivity index (χ0) is 18.5. The molecule has 1 fully saturated rings. The second kappa shape index (κ2) is 7.86. The third kappa shape index (κ3) is 3.61. The van der Waals surface area contributed by atoms with E-state index in [1.54, 1.807) is 59.6 Å². The normalized spacial score (nSPS) is 14.1. The van der Waals surface area contributed by atoms with Gasteiger partial charge in [-0.3, -0.25) is 14.6 Å². The van der Waals surface area contributed by atoms with Gasteiger partial charge in [-0.1, -0.05) is 0 Å². The molecule has 7 nitrogen and oxygen atoms in total. The van der Waals surface area contributed by atoms with E-state index in [0.717, 1.165) is 0 Å². The minimum Gasteiger partial charge on any atom is -0.497 e. The van der Waals surface area contributed by atoms with Crippen LogP contribution in [0.3, 0.4) is 0 Å². The largest absolute Gasteiger partial charge is 0.497 e. The van der Waals surface area contributed by atoms with Crippen LogP contribution in [0.4, 0.5) is 0 Å². The van der Waals surface area contributed by atoms with Crippen LogP contribution in [0, 0.1) is 0 Å². The van der Waals surface area contributed by atoms with Gasteiger partial charge in [-0.2, -0.15) is 0 Å². The molecule has 0 aliphatic carbocycles. The third-order valence-corrected chi connectivity index (χ3v) is 4.42. The number of hydrogen-bond acceptors (Lipinski definition) is 5. The first kappa shape index (κ1) is 17.7. The number of pyridine rings is 1. The van der Waals surface area contributed by atoms with Crippen molar-refractivity contribution in [3.05, 3.63) is 53.9 Å². The Labute approximate surface area is 152 Å². The molecule has 7 heteroatoms. The molecular weight excluding hydrogens is 334 g/mol. The number of ether oxygens (including phenoxy) is 2. The highest BCUT2D eigenvalue weighted by Crippen LogP contribution is 2.25. The van der Waals surface area contributed by atoms with E-state index in [2.05, 4.69) is 4.98 Å². The first-order valence-corrected chi connectivity index (χ1v) is 8.34. The van der Waals surface area contributed by atoms with Gasteiger partial charge in [0.15, 0.2) is 0 Å². The third-order valence-electron chi connectivity index (χ3n) is 4.42. The summed E-state index contributed by atoms with van der Waals surface area (Å²) in [6.45, 7) is 1.91. The maximum absolute atomic E-state index is 12.9. The molecule has 1 aromatic carbocycles. The molecule has 0 atom stereocenters. The Kier molecular flexibility index (Phi) is 5.36. The quantitative estimate of drug-likeness (QED) is 0.835. The molecule has 3 rings (SSSR count). The molecule has 2 aromatic rings. The van der Waals surface area contributed by atoms with Crippen molar-refractivity contribution in [3.8, 4) is 11.5 Å². The lowest BCUT2D eigenvalue weighted by Gasteiger charge is -2.35. The maximum Gasteiger partial charge on any atom is 0.257 e. The molecule has 1 aromatic heterocycles. The molecular formula is C19H21N3O4. The Balaban J connectivity index is 1.68. The molecule has 0 N–H and O–H groups in total. The van der Waals surface area contributed by atoms with Crippen molar-refractivity contribution in [2.24, 2.45) is 0 Å². The minimum absolute atomic E-state index is 0.0431. The summed E-state index contributed by atoms with van der Waals surface area (Å²) in [6, 6.07) is 8.54. The monoisotopic (exact) mass is 355 g/mol. The molecule has 0 bridgehead atoms. The number of carbonyl (C=O) groups excluding carboxylic acids is 2. The number of carbonyl (C=O) groups is 2. The van der Waals surface area contributed by atoms with Gasteiger partial charge in [-0.25, -0.2) is 0 Å². The number of amides is 2. The average Bonchev–Trinajstić information content (AvgIpc) is 2.73. The van der Waals surface area contributed by atoms with Crippen LogP contribution in [0.15, 0.2) is 42.7 Å². The molecule has 136 valence electrons. The van der Waals surface area contributed by atoms with Gasteiger partial charge in [-0.15, -0.1) is 0 Å². The fraction of sp³-hybridized carbons (Fsp3) is 0.316. The van der Waals surface area contributed by atoms with E-state index in [-0.39, 0.29) is 11.8 Å². The fourth-order valence-corrected chi connectivity index (χ4v) is 2.94. The second-order valence-corrected chi connectivity index (χ2v) is 5.89. The zero-order valence-corrected chi connectivity index (χ0v) is 14.8. The van der Waals surface area contributed by atoms with Gasteiger partial charge in [0, 0.05) is 44.1 Å². The topological polar surface area (TPSA) is 72.0 Å². The minimum atomic E-state index is -0.128. The lowest BCUT2D eigenvalue weighted by molar-refractivity contribution is 0.0533. The van der Waals surface area contributed by atoms with Crippen molar-refractivity contribution < 1.29 is 19.1 Å². The smallest absolute Gasteiger partial charge is 0.257 e. The van der Waals surface area contributed by atoms with Gasteiger partial charge in [0.25, 0.3) is 11.8 Å². The van der Waals surface area contributed by atoms with E-state index < -0.39 is 0 Å². The van der Waals surface area contributed by atoms with E-state index in [0.29, 0.717) is 48.8 Å². The summed E-state index contributed by atoms with van der Waals surface area (Å²) in [5.74, 6) is 0.932. The molecule has 1 aliphatic rings. The van der Waals surface area contributed by atoms with Crippen LogP contribution in [-0.2, 0) is 0 Å². The van der Waals surface area contributed by atoms with E-state index in [9.17, 15) is 9.59 Å². The van der Waals surface area contributed by atoms with Crippen molar-refractivity contribution >= 4 is 11.8 Å². The highest BCUT2D eigenvalue weighted by atomic mass is 16.5. The molecule has 0 saturated carbocycles. The average molecular weight is 355 g/mol. The highest BCUT2D eigenvalue weighted by Gasteiger charge is 2.27. The van der Waals surface area contributed by atoms with Crippen LogP contribution in [0.25, 0.3) is 0 Å². The number of methoxy groups -OCH3 is 2. The first-order chi connectivity index (χ1) is 12.6. The van der Waals surface area contributed by atoms with Gasteiger partial charge >= 0.3 is 0 Å². The molecule has 0 unspecified atom stereocenters. The Bertz CT molecular complexity index is 787. The van der Waals surface area contributed by atoms with Crippen molar-refractivity contribution in [3.63, 3.8) is 0 Å². The van der Waals surface area contributed by atoms with Gasteiger partial charge < -0.3 is 19.3 Å². The van der Waals surface area contributed by atoms with Crippen LogP contribution < -0.4 is 9.47 Å². The molecule has 1 saturated heterocycles. The molecule has 0 radical (unpaired) electrons. The standard InChI is InChI=1S/C19H21N3O4/c1-25-15-3-4-17(26-2)16(13-15)19(24)22-11-9-21(10-12-22)18(23)14-5-7-20-8-6-14/h3-8,13H,9-12H2,1-2H3. The summed E-state index contributed by atoms with van der Waals surface area (Å²) in [4.78, 5) is 32.8. The number of hydrogen-bond donors (Lipinski definition) is 0. The van der Waals surface area contributed by atoms with Crippen LogP contribution in [0.5, 0.6) is 11.5 Å². The van der Waals surface area contributed by atoms with Crippen LogP contribution >= 0.6 is 0 Å². The van der Waals surface area contributed by atoms with Gasteiger partial charge in [0.05, 0.1) is 19.8 Å². The van der Waals surface area contributed by atoms with Crippen LogP contribution in [0.2, 0.25) is 0 Å². The lowest BCUT2D eigenvalue weighted by atomic mass is 10.1.